The first kappa shape index (κ1) is 13.6. The maximum atomic E-state index is 8.80. The molecule has 0 N–H and O–H groups in total. The number of anilines is 1. The summed E-state index contributed by atoms with van der Waals surface area (Å²) >= 11 is 0. The SMILES string of the molecule is CC(C#N)CN(C)c1ccc(C(C)(C)C)cc1. The van der Waals surface area contributed by atoms with Crippen molar-refractivity contribution in [3.8, 4) is 6.07 Å². The van der Waals surface area contributed by atoms with E-state index >= 15 is 0 Å². The molecule has 0 saturated carbocycles. The van der Waals surface area contributed by atoms with E-state index < -0.39 is 0 Å². The van der Waals surface area contributed by atoms with Crippen LogP contribution in [0.3, 0.4) is 0 Å². The highest BCUT2D eigenvalue weighted by Crippen LogP contribution is 2.24. The van der Waals surface area contributed by atoms with Crippen LogP contribution in [-0.4, -0.2) is 13.6 Å². The summed E-state index contributed by atoms with van der Waals surface area (Å²) in [4.78, 5) is 2.13. The van der Waals surface area contributed by atoms with Gasteiger partial charge in [0.15, 0.2) is 0 Å². The first-order chi connectivity index (χ1) is 7.84. The fourth-order valence-corrected chi connectivity index (χ4v) is 1.77. The summed E-state index contributed by atoms with van der Waals surface area (Å²) in [5, 5.41) is 8.80. The minimum atomic E-state index is 0.0577. The highest BCUT2D eigenvalue weighted by atomic mass is 15.1. The molecular formula is C15H22N2. The second kappa shape index (κ2) is 5.23. The van der Waals surface area contributed by atoms with E-state index in [9.17, 15) is 0 Å². The molecule has 1 atom stereocenters. The van der Waals surface area contributed by atoms with Gasteiger partial charge in [0.2, 0.25) is 0 Å². The molecule has 0 amide bonds. The number of hydrogen-bond acceptors (Lipinski definition) is 2. The number of rotatable bonds is 3. The summed E-state index contributed by atoms with van der Waals surface area (Å²) in [7, 11) is 2.03. The minimum Gasteiger partial charge on any atom is -0.373 e. The van der Waals surface area contributed by atoms with Gasteiger partial charge in [0, 0.05) is 19.3 Å². The van der Waals surface area contributed by atoms with Gasteiger partial charge < -0.3 is 4.90 Å². The van der Waals surface area contributed by atoms with Gasteiger partial charge in [-0.15, -0.1) is 0 Å². The van der Waals surface area contributed by atoms with E-state index in [0.717, 1.165) is 6.54 Å². The zero-order chi connectivity index (χ0) is 13.1. The molecule has 0 radical (unpaired) electrons. The van der Waals surface area contributed by atoms with Crippen LogP contribution >= 0.6 is 0 Å². The van der Waals surface area contributed by atoms with E-state index in [-0.39, 0.29) is 11.3 Å². The van der Waals surface area contributed by atoms with Crippen molar-refractivity contribution >= 4 is 5.69 Å². The Bertz CT molecular complexity index is 392. The molecule has 92 valence electrons. The Kier molecular flexibility index (Phi) is 4.17. The highest BCUT2D eigenvalue weighted by Gasteiger charge is 2.13. The fourth-order valence-electron chi connectivity index (χ4n) is 1.77. The van der Waals surface area contributed by atoms with Gasteiger partial charge in [0.05, 0.1) is 12.0 Å². The predicted octanol–water partition coefficient (Wildman–Crippen LogP) is 3.58. The molecule has 1 aromatic carbocycles. The van der Waals surface area contributed by atoms with Crippen molar-refractivity contribution in [1.82, 2.24) is 0 Å². The maximum Gasteiger partial charge on any atom is 0.0671 e. The topological polar surface area (TPSA) is 27.0 Å². The Morgan fingerprint density at radius 2 is 1.76 bits per heavy atom. The number of benzene rings is 1. The number of hydrogen-bond donors (Lipinski definition) is 0. The monoisotopic (exact) mass is 230 g/mol. The summed E-state index contributed by atoms with van der Waals surface area (Å²) in [5.41, 5.74) is 2.69. The first-order valence-corrected chi connectivity index (χ1v) is 6.06. The second-order valence-corrected chi connectivity index (χ2v) is 5.71. The van der Waals surface area contributed by atoms with Crippen LogP contribution in [0.15, 0.2) is 24.3 Å². The molecule has 0 bridgehead atoms. The van der Waals surface area contributed by atoms with Gasteiger partial charge in [-0.1, -0.05) is 32.9 Å². The smallest absolute Gasteiger partial charge is 0.0671 e. The predicted molar refractivity (Wildman–Crippen MR) is 73.2 cm³/mol. The van der Waals surface area contributed by atoms with Gasteiger partial charge in [0.25, 0.3) is 0 Å². The van der Waals surface area contributed by atoms with Crippen LogP contribution in [-0.2, 0) is 5.41 Å². The maximum absolute atomic E-state index is 8.80. The molecular weight excluding hydrogens is 208 g/mol. The molecule has 0 fully saturated rings. The normalized spacial score (nSPS) is 12.9. The average molecular weight is 230 g/mol. The summed E-state index contributed by atoms with van der Waals surface area (Å²) in [6.07, 6.45) is 0. The standard InChI is InChI=1S/C15H22N2/c1-12(10-16)11-17(5)14-8-6-13(7-9-14)15(2,3)4/h6-9,12H,11H2,1-5H3. The van der Waals surface area contributed by atoms with Crippen molar-refractivity contribution in [3.05, 3.63) is 29.8 Å². The van der Waals surface area contributed by atoms with E-state index in [1.165, 1.54) is 11.3 Å². The van der Waals surface area contributed by atoms with Crippen LogP contribution in [0.4, 0.5) is 5.69 Å². The van der Waals surface area contributed by atoms with Crippen LogP contribution in [0.25, 0.3) is 0 Å². The quantitative estimate of drug-likeness (QED) is 0.793. The molecule has 2 nitrogen and oxygen atoms in total. The lowest BCUT2D eigenvalue weighted by molar-refractivity contribution is 0.590. The summed E-state index contributed by atoms with van der Waals surface area (Å²) < 4.78 is 0. The Balaban J connectivity index is 2.78. The largest absolute Gasteiger partial charge is 0.373 e. The van der Waals surface area contributed by atoms with Crippen LogP contribution in [0.5, 0.6) is 0 Å². The number of nitriles is 1. The Morgan fingerprint density at radius 1 is 1.24 bits per heavy atom. The Hall–Kier alpha value is -1.49. The molecule has 2 heteroatoms. The van der Waals surface area contributed by atoms with Crippen LogP contribution in [0.2, 0.25) is 0 Å². The molecule has 1 aromatic rings. The van der Waals surface area contributed by atoms with Crippen molar-refractivity contribution in [2.75, 3.05) is 18.5 Å². The van der Waals surface area contributed by atoms with Gasteiger partial charge in [-0.05, 0) is 30.0 Å². The molecule has 0 spiro atoms. The molecule has 0 saturated heterocycles. The van der Waals surface area contributed by atoms with E-state index in [1.807, 2.05) is 14.0 Å². The third-order valence-corrected chi connectivity index (χ3v) is 2.94. The third kappa shape index (κ3) is 3.78. The van der Waals surface area contributed by atoms with Crippen molar-refractivity contribution in [2.24, 2.45) is 5.92 Å². The van der Waals surface area contributed by atoms with Gasteiger partial charge in [0.1, 0.15) is 0 Å². The van der Waals surface area contributed by atoms with Gasteiger partial charge in [-0.2, -0.15) is 5.26 Å². The van der Waals surface area contributed by atoms with Crippen LogP contribution in [0, 0.1) is 17.2 Å². The zero-order valence-electron chi connectivity index (χ0n) is 11.5. The Morgan fingerprint density at radius 3 is 2.18 bits per heavy atom. The molecule has 1 unspecified atom stereocenters. The Labute approximate surface area is 105 Å². The number of nitrogens with zero attached hydrogens (tertiary/aromatic N) is 2. The first-order valence-electron chi connectivity index (χ1n) is 6.06. The summed E-state index contributed by atoms with van der Waals surface area (Å²) in [5.74, 6) is 0.0577. The van der Waals surface area contributed by atoms with Crippen LogP contribution in [0.1, 0.15) is 33.3 Å². The third-order valence-electron chi connectivity index (χ3n) is 2.94. The van der Waals surface area contributed by atoms with E-state index in [0.29, 0.717) is 0 Å². The zero-order valence-corrected chi connectivity index (χ0v) is 11.5. The molecule has 17 heavy (non-hydrogen) atoms. The molecule has 0 heterocycles. The van der Waals surface area contributed by atoms with Crippen molar-refractivity contribution in [2.45, 2.75) is 33.1 Å². The lowest BCUT2D eigenvalue weighted by Crippen LogP contribution is -2.23. The lowest BCUT2D eigenvalue weighted by atomic mass is 9.87. The van der Waals surface area contributed by atoms with Gasteiger partial charge >= 0.3 is 0 Å². The second-order valence-electron chi connectivity index (χ2n) is 5.71. The molecule has 0 aliphatic rings. The van der Waals surface area contributed by atoms with Crippen molar-refractivity contribution < 1.29 is 0 Å². The summed E-state index contributed by atoms with van der Waals surface area (Å²) in [6.45, 7) is 9.35. The van der Waals surface area contributed by atoms with Gasteiger partial charge in [-0.25, -0.2) is 0 Å². The van der Waals surface area contributed by atoms with E-state index in [2.05, 4.69) is 56.0 Å². The van der Waals surface area contributed by atoms with Crippen LogP contribution < -0.4 is 4.90 Å². The van der Waals surface area contributed by atoms with Crippen molar-refractivity contribution in [3.63, 3.8) is 0 Å². The minimum absolute atomic E-state index is 0.0577. The molecule has 0 aliphatic heterocycles. The van der Waals surface area contributed by atoms with E-state index in [1.54, 1.807) is 0 Å². The lowest BCUT2D eigenvalue weighted by Gasteiger charge is -2.23. The molecule has 0 aliphatic carbocycles. The highest BCUT2D eigenvalue weighted by molar-refractivity contribution is 5.48. The fraction of sp³-hybridized carbons (Fsp3) is 0.533. The van der Waals surface area contributed by atoms with Crippen molar-refractivity contribution in [1.29, 1.82) is 5.26 Å². The molecule has 1 rings (SSSR count). The molecule has 0 aromatic heterocycles. The summed E-state index contributed by atoms with van der Waals surface area (Å²) in [6, 6.07) is 10.9. The van der Waals surface area contributed by atoms with Gasteiger partial charge in [-0.3, -0.25) is 0 Å². The average Bonchev–Trinajstić information content (AvgIpc) is 2.27. The van der Waals surface area contributed by atoms with E-state index in [4.69, 9.17) is 5.26 Å².